The molecule has 2 aliphatic heterocycles. The number of anilines is 1. The van der Waals surface area contributed by atoms with Crippen molar-refractivity contribution >= 4 is 21.7 Å². The number of nitrogens with zero attached hydrogens (tertiary/aromatic N) is 2. The van der Waals surface area contributed by atoms with Gasteiger partial charge in [0, 0.05) is 29.3 Å². The lowest BCUT2D eigenvalue weighted by Gasteiger charge is -2.30. The first-order valence-electron chi connectivity index (χ1n) is 6.57. The van der Waals surface area contributed by atoms with Crippen molar-refractivity contribution in [3.63, 3.8) is 0 Å². The van der Waals surface area contributed by atoms with Crippen molar-refractivity contribution in [2.45, 2.75) is 37.8 Å². The highest BCUT2D eigenvalue weighted by Gasteiger charge is 2.34. The van der Waals surface area contributed by atoms with E-state index < -0.39 is 0 Å². The maximum Gasteiger partial charge on any atom is 0.166 e. The first-order chi connectivity index (χ1) is 8.75. The molecule has 3 nitrogen and oxygen atoms in total. The second-order valence-corrected chi connectivity index (χ2v) is 5.98. The number of rotatable bonds is 2. The summed E-state index contributed by atoms with van der Waals surface area (Å²) in [5, 5.41) is 3.53. The van der Waals surface area contributed by atoms with Crippen LogP contribution in [0.5, 0.6) is 0 Å². The topological polar surface area (TPSA) is 28.2 Å². The molecule has 2 atom stereocenters. The standard InChI is InChI=1S/C13H17BrFN3/c14-9-7-10(15)13(17-8-9)18-6-2-4-12(18)11-3-1-5-16-11/h7-8,11-12,16H,1-6H2. The Hall–Kier alpha value is -0.680. The van der Waals surface area contributed by atoms with E-state index >= 15 is 0 Å². The quantitative estimate of drug-likeness (QED) is 0.910. The lowest BCUT2D eigenvalue weighted by Crippen LogP contribution is -2.44. The van der Waals surface area contributed by atoms with Crippen LogP contribution >= 0.6 is 15.9 Å². The number of hydrogen-bond donors (Lipinski definition) is 1. The maximum atomic E-state index is 14.0. The van der Waals surface area contributed by atoms with Crippen LogP contribution in [0, 0.1) is 5.82 Å². The Kier molecular flexibility index (Phi) is 3.52. The minimum Gasteiger partial charge on any atom is -0.350 e. The van der Waals surface area contributed by atoms with E-state index in [1.54, 1.807) is 6.20 Å². The number of hydrogen-bond acceptors (Lipinski definition) is 3. The first-order valence-corrected chi connectivity index (χ1v) is 7.36. The van der Waals surface area contributed by atoms with Gasteiger partial charge in [-0.2, -0.15) is 0 Å². The molecule has 0 amide bonds. The van der Waals surface area contributed by atoms with Crippen LogP contribution in [-0.4, -0.2) is 30.2 Å². The molecule has 2 unspecified atom stereocenters. The zero-order valence-electron chi connectivity index (χ0n) is 10.2. The third-order valence-corrected chi connectivity index (χ3v) is 4.36. The van der Waals surface area contributed by atoms with Gasteiger partial charge in [0.15, 0.2) is 11.6 Å². The van der Waals surface area contributed by atoms with Crippen molar-refractivity contribution in [2.24, 2.45) is 0 Å². The normalized spacial score (nSPS) is 28.0. The van der Waals surface area contributed by atoms with Crippen LogP contribution in [0.25, 0.3) is 0 Å². The van der Waals surface area contributed by atoms with Crippen molar-refractivity contribution in [2.75, 3.05) is 18.0 Å². The van der Waals surface area contributed by atoms with E-state index in [4.69, 9.17) is 0 Å². The molecule has 0 bridgehead atoms. The number of halogens is 2. The molecule has 2 saturated heterocycles. The summed E-state index contributed by atoms with van der Waals surface area (Å²) in [5.74, 6) is 0.281. The van der Waals surface area contributed by atoms with E-state index in [0.717, 1.165) is 25.9 Å². The van der Waals surface area contributed by atoms with Gasteiger partial charge < -0.3 is 10.2 Å². The molecule has 98 valence electrons. The maximum absolute atomic E-state index is 14.0. The summed E-state index contributed by atoms with van der Waals surface area (Å²) in [6.07, 6.45) is 6.36. The van der Waals surface area contributed by atoms with Crippen LogP contribution in [-0.2, 0) is 0 Å². The monoisotopic (exact) mass is 313 g/mol. The molecule has 18 heavy (non-hydrogen) atoms. The molecule has 0 spiro atoms. The summed E-state index contributed by atoms with van der Waals surface area (Å²) < 4.78 is 14.7. The van der Waals surface area contributed by atoms with E-state index in [9.17, 15) is 4.39 Å². The average molecular weight is 314 g/mol. The van der Waals surface area contributed by atoms with Gasteiger partial charge in [-0.15, -0.1) is 0 Å². The van der Waals surface area contributed by atoms with Crippen LogP contribution in [0.4, 0.5) is 10.2 Å². The lowest BCUT2D eigenvalue weighted by atomic mass is 10.0. The fourth-order valence-corrected chi connectivity index (χ4v) is 3.44. The van der Waals surface area contributed by atoms with Crippen molar-refractivity contribution in [1.29, 1.82) is 0 Å². The van der Waals surface area contributed by atoms with Crippen molar-refractivity contribution < 1.29 is 4.39 Å². The molecule has 2 fully saturated rings. The van der Waals surface area contributed by atoms with Crippen molar-refractivity contribution in [1.82, 2.24) is 10.3 Å². The van der Waals surface area contributed by atoms with Gasteiger partial charge in [0.25, 0.3) is 0 Å². The van der Waals surface area contributed by atoms with Gasteiger partial charge in [0.05, 0.1) is 0 Å². The Morgan fingerprint density at radius 1 is 1.39 bits per heavy atom. The smallest absolute Gasteiger partial charge is 0.166 e. The third kappa shape index (κ3) is 2.26. The van der Waals surface area contributed by atoms with Gasteiger partial charge in [0.1, 0.15) is 0 Å². The SMILES string of the molecule is Fc1cc(Br)cnc1N1CCCC1C1CCCN1. The summed E-state index contributed by atoms with van der Waals surface area (Å²) >= 11 is 3.25. The summed E-state index contributed by atoms with van der Waals surface area (Å²) in [6.45, 7) is 2.00. The van der Waals surface area contributed by atoms with Gasteiger partial charge in [0.2, 0.25) is 0 Å². The highest BCUT2D eigenvalue weighted by Crippen LogP contribution is 2.31. The Bertz CT molecular complexity index is 434. The molecule has 1 N–H and O–H groups in total. The molecular formula is C13H17BrFN3. The van der Waals surface area contributed by atoms with Gasteiger partial charge >= 0.3 is 0 Å². The van der Waals surface area contributed by atoms with Crippen LogP contribution in [0.2, 0.25) is 0 Å². The molecule has 1 aromatic heterocycles. The second-order valence-electron chi connectivity index (χ2n) is 5.06. The van der Waals surface area contributed by atoms with Crippen LogP contribution in [0.15, 0.2) is 16.7 Å². The van der Waals surface area contributed by atoms with Crippen molar-refractivity contribution in [3.8, 4) is 0 Å². The molecule has 2 aliphatic rings. The zero-order chi connectivity index (χ0) is 12.5. The van der Waals surface area contributed by atoms with Gasteiger partial charge in [-0.05, 0) is 54.2 Å². The number of aromatic nitrogens is 1. The molecule has 0 radical (unpaired) electrons. The summed E-state index contributed by atoms with van der Waals surface area (Å²) in [4.78, 5) is 6.40. The van der Waals surface area contributed by atoms with Crippen LogP contribution in [0.3, 0.4) is 0 Å². The number of nitrogens with one attached hydrogen (secondary N) is 1. The Labute approximate surface area is 115 Å². The zero-order valence-corrected chi connectivity index (χ0v) is 11.8. The fraction of sp³-hybridized carbons (Fsp3) is 0.615. The number of pyridine rings is 1. The van der Waals surface area contributed by atoms with Crippen LogP contribution < -0.4 is 10.2 Å². The van der Waals surface area contributed by atoms with Gasteiger partial charge in [-0.3, -0.25) is 0 Å². The van der Waals surface area contributed by atoms with E-state index in [0.29, 0.717) is 22.4 Å². The predicted molar refractivity (Wildman–Crippen MR) is 73.3 cm³/mol. The Morgan fingerprint density at radius 2 is 2.28 bits per heavy atom. The van der Waals surface area contributed by atoms with Gasteiger partial charge in [-0.1, -0.05) is 0 Å². The highest BCUT2D eigenvalue weighted by molar-refractivity contribution is 9.10. The summed E-state index contributed by atoms with van der Waals surface area (Å²) in [5.41, 5.74) is 0. The van der Waals surface area contributed by atoms with Gasteiger partial charge in [-0.25, -0.2) is 9.37 Å². The summed E-state index contributed by atoms with van der Waals surface area (Å²) in [7, 11) is 0. The Morgan fingerprint density at radius 3 is 3.00 bits per heavy atom. The van der Waals surface area contributed by atoms with Crippen molar-refractivity contribution in [3.05, 3.63) is 22.6 Å². The Balaban J connectivity index is 1.85. The highest BCUT2D eigenvalue weighted by atomic mass is 79.9. The third-order valence-electron chi connectivity index (χ3n) is 3.92. The molecule has 3 rings (SSSR count). The largest absolute Gasteiger partial charge is 0.350 e. The minimum absolute atomic E-state index is 0.228. The molecule has 0 aromatic carbocycles. The van der Waals surface area contributed by atoms with E-state index in [2.05, 4.69) is 31.1 Å². The second kappa shape index (κ2) is 5.13. The minimum atomic E-state index is -0.228. The van der Waals surface area contributed by atoms with E-state index in [-0.39, 0.29) is 5.82 Å². The molecule has 5 heteroatoms. The van der Waals surface area contributed by atoms with E-state index in [1.165, 1.54) is 18.9 Å². The van der Waals surface area contributed by atoms with E-state index in [1.807, 2.05) is 0 Å². The molecular weight excluding hydrogens is 297 g/mol. The summed E-state index contributed by atoms with van der Waals surface area (Å²) in [6, 6.07) is 2.40. The average Bonchev–Trinajstić information content (AvgIpc) is 2.98. The molecule has 3 heterocycles. The predicted octanol–water partition coefficient (Wildman–Crippen LogP) is 2.70. The molecule has 0 saturated carbocycles. The molecule has 0 aliphatic carbocycles. The fourth-order valence-electron chi connectivity index (χ4n) is 3.13. The van der Waals surface area contributed by atoms with Crippen LogP contribution in [0.1, 0.15) is 25.7 Å². The lowest BCUT2D eigenvalue weighted by molar-refractivity contribution is 0.475. The molecule has 1 aromatic rings. The first kappa shape index (κ1) is 12.4.